The van der Waals surface area contributed by atoms with Gasteiger partial charge in [0.2, 0.25) is 0 Å². The number of imidazole rings is 2. The normalized spacial score (nSPS) is 11.1. The molecule has 6 nitrogen and oxygen atoms in total. The predicted octanol–water partition coefficient (Wildman–Crippen LogP) is 4.91. The molecule has 0 radical (unpaired) electrons. The van der Waals surface area contributed by atoms with Crippen LogP contribution in [0.25, 0.3) is 11.0 Å². The molecular formula is C22H22ClN5O. The minimum absolute atomic E-state index is 0.178. The number of anilines is 1. The van der Waals surface area contributed by atoms with Crippen LogP contribution in [0.3, 0.4) is 0 Å². The molecule has 4 aromatic rings. The van der Waals surface area contributed by atoms with E-state index in [9.17, 15) is 4.79 Å². The van der Waals surface area contributed by atoms with E-state index < -0.39 is 0 Å². The van der Waals surface area contributed by atoms with Crippen LogP contribution >= 0.6 is 11.6 Å². The second-order valence-corrected chi connectivity index (χ2v) is 7.38. The lowest BCUT2D eigenvalue weighted by Gasteiger charge is -2.09. The van der Waals surface area contributed by atoms with Gasteiger partial charge in [0, 0.05) is 35.2 Å². The van der Waals surface area contributed by atoms with Crippen molar-refractivity contribution in [2.45, 2.75) is 33.4 Å². The molecule has 2 heterocycles. The number of aryl methyl sites for hydroxylation is 2. The second-order valence-electron chi connectivity index (χ2n) is 6.95. The molecule has 0 unspecified atom stereocenters. The summed E-state index contributed by atoms with van der Waals surface area (Å²) >= 11 is 5.90. The molecule has 1 N–H and O–H groups in total. The Kier molecular flexibility index (Phi) is 5.36. The zero-order chi connectivity index (χ0) is 20.4. The zero-order valence-electron chi connectivity index (χ0n) is 16.4. The number of aromatic nitrogens is 4. The van der Waals surface area contributed by atoms with Crippen molar-refractivity contribution in [3.8, 4) is 0 Å². The van der Waals surface area contributed by atoms with E-state index in [0.29, 0.717) is 22.8 Å². The number of hydrogen-bond acceptors (Lipinski definition) is 3. The molecule has 0 atom stereocenters. The number of hydrogen-bond donors (Lipinski definition) is 1. The van der Waals surface area contributed by atoms with E-state index in [-0.39, 0.29) is 5.91 Å². The number of amides is 1. The largest absolute Gasteiger partial charge is 0.328 e. The van der Waals surface area contributed by atoms with Gasteiger partial charge < -0.3 is 14.5 Å². The molecule has 0 aliphatic rings. The zero-order valence-corrected chi connectivity index (χ0v) is 17.1. The molecule has 1 amide bonds. The third-order valence-corrected chi connectivity index (χ3v) is 5.13. The summed E-state index contributed by atoms with van der Waals surface area (Å²) in [5.74, 6) is 1.75. The van der Waals surface area contributed by atoms with Crippen molar-refractivity contribution in [1.82, 2.24) is 19.1 Å². The van der Waals surface area contributed by atoms with Gasteiger partial charge in [-0.3, -0.25) is 4.79 Å². The van der Waals surface area contributed by atoms with Gasteiger partial charge in [-0.05, 0) is 55.8 Å². The highest BCUT2D eigenvalue weighted by atomic mass is 35.5. The molecule has 0 saturated carbocycles. The monoisotopic (exact) mass is 407 g/mol. The minimum Gasteiger partial charge on any atom is -0.328 e. The van der Waals surface area contributed by atoms with Crippen LogP contribution in [0, 0.1) is 6.92 Å². The Balaban J connectivity index is 1.63. The highest BCUT2D eigenvalue weighted by Gasteiger charge is 2.13. The Labute approximate surface area is 174 Å². The third kappa shape index (κ3) is 4.03. The van der Waals surface area contributed by atoms with Gasteiger partial charge in [-0.1, -0.05) is 18.5 Å². The van der Waals surface area contributed by atoms with Crippen molar-refractivity contribution >= 4 is 34.2 Å². The highest BCUT2D eigenvalue weighted by molar-refractivity contribution is 6.30. The van der Waals surface area contributed by atoms with Crippen molar-refractivity contribution in [2.75, 3.05) is 5.32 Å². The maximum Gasteiger partial charge on any atom is 0.255 e. The Morgan fingerprint density at radius 1 is 1.17 bits per heavy atom. The Hall–Kier alpha value is -3.12. The van der Waals surface area contributed by atoms with Gasteiger partial charge >= 0.3 is 0 Å². The number of carbonyl (C=O) groups excluding carboxylic acids is 1. The first-order valence-corrected chi connectivity index (χ1v) is 9.96. The first-order chi connectivity index (χ1) is 14.0. The summed E-state index contributed by atoms with van der Waals surface area (Å²) in [6.07, 6.45) is 4.77. The summed E-state index contributed by atoms with van der Waals surface area (Å²) in [6.45, 7) is 5.68. The summed E-state index contributed by atoms with van der Waals surface area (Å²) in [7, 11) is 0. The fraction of sp³-hybridized carbons (Fsp3) is 0.227. The summed E-state index contributed by atoms with van der Waals surface area (Å²) in [4.78, 5) is 21.6. The average molecular weight is 408 g/mol. The lowest BCUT2D eigenvalue weighted by molar-refractivity contribution is 0.102. The molecular weight excluding hydrogens is 386 g/mol. The van der Waals surface area contributed by atoms with E-state index in [1.807, 2.05) is 31.3 Å². The first-order valence-electron chi connectivity index (χ1n) is 9.59. The number of nitrogens with one attached hydrogen (secondary N) is 1. The number of halogens is 1. The number of fused-ring (bicyclic) bond motifs is 1. The Morgan fingerprint density at radius 3 is 2.66 bits per heavy atom. The molecule has 0 aliphatic carbocycles. The quantitative estimate of drug-likeness (QED) is 0.494. The van der Waals surface area contributed by atoms with Crippen LogP contribution in [-0.2, 0) is 13.1 Å². The minimum atomic E-state index is -0.178. The molecule has 0 bridgehead atoms. The summed E-state index contributed by atoms with van der Waals surface area (Å²) in [5.41, 5.74) is 3.19. The van der Waals surface area contributed by atoms with Gasteiger partial charge in [0.1, 0.15) is 11.6 Å². The van der Waals surface area contributed by atoms with Crippen LogP contribution in [0.5, 0.6) is 0 Å². The smallest absolute Gasteiger partial charge is 0.255 e. The fourth-order valence-corrected chi connectivity index (χ4v) is 3.50. The Morgan fingerprint density at radius 2 is 1.97 bits per heavy atom. The molecule has 29 heavy (non-hydrogen) atoms. The van der Waals surface area contributed by atoms with Crippen LogP contribution in [0.2, 0.25) is 5.02 Å². The predicted molar refractivity (Wildman–Crippen MR) is 115 cm³/mol. The molecule has 0 saturated heterocycles. The van der Waals surface area contributed by atoms with Gasteiger partial charge in [-0.2, -0.15) is 0 Å². The van der Waals surface area contributed by atoms with E-state index in [4.69, 9.17) is 16.6 Å². The fourth-order valence-electron chi connectivity index (χ4n) is 3.38. The maximum atomic E-state index is 12.5. The molecule has 0 aliphatic heterocycles. The molecule has 4 rings (SSSR count). The lowest BCUT2D eigenvalue weighted by atomic mass is 10.2. The number of benzene rings is 2. The Bertz CT molecular complexity index is 1160. The maximum absolute atomic E-state index is 12.5. The van der Waals surface area contributed by atoms with E-state index in [0.717, 1.165) is 35.6 Å². The van der Waals surface area contributed by atoms with Gasteiger partial charge in [-0.25, -0.2) is 9.97 Å². The van der Waals surface area contributed by atoms with Gasteiger partial charge in [0.05, 0.1) is 17.6 Å². The highest BCUT2D eigenvalue weighted by Crippen LogP contribution is 2.23. The van der Waals surface area contributed by atoms with E-state index in [1.165, 1.54) is 0 Å². The SMILES string of the molecule is CCCn1c(Cn2ccnc2C)nc2cc(NC(=O)c3ccc(Cl)cc3)ccc21. The topological polar surface area (TPSA) is 64.7 Å². The number of rotatable bonds is 6. The van der Waals surface area contributed by atoms with Crippen molar-refractivity contribution < 1.29 is 4.79 Å². The number of nitrogens with zero attached hydrogens (tertiary/aromatic N) is 4. The van der Waals surface area contributed by atoms with Gasteiger partial charge in [-0.15, -0.1) is 0 Å². The molecule has 2 aromatic carbocycles. The standard InChI is InChI=1S/C22H22ClN5O/c1-3-11-28-20-9-8-18(25-22(29)16-4-6-17(23)7-5-16)13-19(20)26-21(28)14-27-12-10-24-15(27)2/h4-10,12-13H,3,11,14H2,1-2H3,(H,25,29). The molecule has 7 heteroatoms. The van der Waals surface area contributed by atoms with Gasteiger partial charge in [0.25, 0.3) is 5.91 Å². The van der Waals surface area contributed by atoms with Crippen LogP contribution in [0.1, 0.15) is 35.4 Å². The molecule has 0 spiro atoms. The summed E-state index contributed by atoms with van der Waals surface area (Å²) in [5, 5.41) is 3.54. The van der Waals surface area contributed by atoms with Crippen LogP contribution in [0.4, 0.5) is 5.69 Å². The van der Waals surface area contributed by atoms with Crippen molar-refractivity contribution in [3.05, 3.63) is 77.1 Å². The van der Waals surface area contributed by atoms with Gasteiger partial charge in [0.15, 0.2) is 0 Å². The van der Waals surface area contributed by atoms with E-state index >= 15 is 0 Å². The summed E-state index contributed by atoms with van der Waals surface area (Å²) in [6, 6.07) is 12.7. The summed E-state index contributed by atoms with van der Waals surface area (Å²) < 4.78 is 4.32. The molecule has 0 fully saturated rings. The average Bonchev–Trinajstić information content (AvgIpc) is 3.26. The molecule has 148 valence electrons. The van der Waals surface area contributed by atoms with Crippen molar-refractivity contribution in [1.29, 1.82) is 0 Å². The lowest BCUT2D eigenvalue weighted by Crippen LogP contribution is -2.11. The van der Waals surface area contributed by atoms with Crippen LogP contribution < -0.4 is 5.32 Å². The van der Waals surface area contributed by atoms with Crippen LogP contribution in [-0.4, -0.2) is 25.0 Å². The van der Waals surface area contributed by atoms with E-state index in [1.54, 1.807) is 30.5 Å². The van der Waals surface area contributed by atoms with Crippen molar-refractivity contribution in [2.24, 2.45) is 0 Å². The molecule has 2 aromatic heterocycles. The van der Waals surface area contributed by atoms with E-state index in [2.05, 4.69) is 26.4 Å². The van der Waals surface area contributed by atoms with Crippen molar-refractivity contribution in [3.63, 3.8) is 0 Å². The first kappa shape index (κ1) is 19.2. The second kappa shape index (κ2) is 8.09. The number of carbonyl (C=O) groups is 1. The van der Waals surface area contributed by atoms with Crippen LogP contribution in [0.15, 0.2) is 54.9 Å². The third-order valence-electron chi connectivity index (χ3n) is 4.87.